The summed E-state index contributed by atoms with van der Waals surface area (Å²) in [7, 11) is 0. The van der Waals surface area contributed by atoms with E-state index in [-0.39, 0.29) is 10.2 Å². The lowest BCUT2D eigenvalue weighted by Gasteiger charge is -2.13. The number of nitrogens with two attached hydrogens (primary N) is 1. The highest BCUT2D eigenvalue weighted by atomic mass is 127. The third-order valence-electron chi connectivity index (χ3n) is 1.30. The highest BCUT2D eigenvalue weighted by Gasteiger charge is 2.33. The molecule has 0 bridgehead atoms. The second-order valence-electron chi connectivity index (χ2n) is 2.33. The summed E-state index contributed by atoms with van der Waals surface area (Å²) < 4.78 is 40.4. The Labute approximate surface area is 99.9 Å². The smallest absolute Gasteiger partial charge is 0.402 e. The molecule has 78 valence electrons. The Kier molecular flexibility index (Phi) is 3.51. The summed E-state index contributed by atoms with van der Waals surface area (Å²) in [6.07, 6.45) is -4.74. The van der Waals surface area contributed by atoms with Crippen molar-refractivity contribution >= 4 is 44.2 Å². The number of hydrogen-bond donors (Lipinski definition) is 1. The Morgan fingerprint density at radius 2 is 1.93 bits per heavy atom. The van der Waals surface area contributed by atoms with E-state index in [0.717, 1.165) is 0 Å². The molecule has 0 saturated carbocycles. The summed E-state index contributed by atoms with van der Waals surface area (Å²) in [6.45, 7) is 0. The van der Waals surface area contributed by atoms with Crippen LogP contribution < -0.4 is 10.5 Å². The van der Waals surface area contributed by atoms with Crippen LogP contribution in [0.4, 0.5) is 18.9 Å². The molecule has 0 amide bonds. The summed E-state index contributed by atoms with van der Waals surface area (Å²) in [4.78, 5) is 0. The van der Waals surface area contributed by atoms with Gasteiger partial charge in [0.15, 0.2) is 5.75 Å². The van der Waals surface area contributed by atoms with Crippen LogP contribution in [-0.4, -0.2) is 6.36 Å². The van der Waals surface area contributed by atoms with Gasteiger partial charge in [-0.25, -0.2) is 0 Å². The number of nitrogen functional groups attached to an aromatic ring is 1. The zero-order chi connectivity index (χ0) is 10.9. The maximum Gasteiger partial charge on any atom is 0.573 e. The van der Waals surface area contributed by atoms with Crippen LogP contribution in [0.15, 0.2) is 16.6 Å². The van der Waals surface area contributed by atoms with Crippen molar-refractivity contribution in [3.63, 3.8) is 0 Å². The van der Waals surface area contributed by atoms with Gasteiger partial charge in [-0.3, -0.25) is 0 Å². The van der Waals surface area contributed by atoms with Crippen molar-refractivity contribution in [2.45, 2.75) is 6.36 Å². The summed E-state index contributed by atoms with van der Waals surface area (Å²) in [5.74, 6) is -0.399. The molecule has 2 N–H and O–H groups in total. The van der Waals surface area contributed by atoms with Crippen LogP contribution in [0.5, 0.6) is 5.75 Å². The van der Waals surface area contributed by atoms with Crippen molar-refractivity contribution < 1.29 is 17.9 Å². The van der Waals surface area contributed by atoms with Gasteiger partial charge in [0.1, 0.15) is 0 Å². The van der Waals surface area contributed by atoms with E-state index in [4.69, 9.17) is 5.73 Å². The van der Waals surface area contributed by atoms with Crippen molar-refractivity contribution in [2.24, 2.45) is 0 Å². The number of alkyl halides is 3. The molecule has 2 nitrogen and oxygen atoms in total. The minimum atomic E-state index is -4.74. The molecule has 0 aliphatic rings. The second-order valence-corrected chi connectivity index (χ2v) is 4.28. The fourth-order valence-electron chi connectivity index (χ4n) is 0.766. The highest BCUT2D eigenvalue weighted by Crippen LogP contribution is 2.38. The highest BCUT2D eigenvalue weighted by molar-refractivity contribution is 14.1. The topological polar surface area (TPSA) is 35.2 Å². The first-order valence-electron chi connectivity index (χ1n) is 3.30. The minimum absolute atomic E-state index is 0.0605. The standard InChI is InChI=1S/C7H4BrF3INO/c8-5-3(12)1-2-4(13)6(5)14-7(9,10)11/h1-2H,13H2. The maximum atomic E-state index is 11.9. The average molecular weight is 382 g/mol. The van der Waals surface area contributed by atoms with Crippen LogP contribution in [0, 0.1) is 3.57 Å². The molecule has 0 spiro atoms. The Hall–Kier alpha value is -0.180. The van der Waals surface area contributed by atoms with Crippen molar-refractivity contribution in [1.82, 2.24) is 0 Å². The molecule has 0 aliphatic carbocycles. The summed E-state index contributed by atoms with van der Waals surface area (Å²) in [6, 6.07) is 2.94. The molecule has 0 saturated heterocycles. The van der Waals surface area contributed by atoms with Crippen molar-refractivity contribution in [3.05, 3.63) is 20.2 Å². The molecule has 7 heteroatoms. The lowest BCUT2D eigenvalue weighted by molar-refractivity contribution is -0.274. The second kappa shape index (κ2) is 4.13. The van der Waals surface area contributed by atoms with E-state index in [1.807, 2.05) is 22.6 Å². The Balaban J connectivity index is 3.13. The first-order valence-corrected chi connectivity index (χ1v) is 5.17. The van der Waals surface area contributed by atoms with E-state index in [2.05, 4.69) is 20.7 Å². The van der Waals surface area contributed by atoms with Crippen LogP contribution in [0.25, 0.3) is 0 Å². The van der Waals surface area contributed by atoms with Crippen LogP contribution >= 0.6 is 38.5 Å². The fraction of sp³-hybridized carbons (Fsp3) is 0.143. The molecule has 0 unspecified atom stereocenters. The molecule has 0 fully saturated rings. The zero-order valence-electron chi connectivity index (χ0n) is 6.53. The number of halogens is 5. The quantitative estimate of drug-likeness (QED) is 0.596. The van der Waals surface area contributed by atoms with Gasteiger partial charge in [0, 0.05) is 3.57 Å². The third-order valence-corrected chi connectivity index (χ3v) is 3.73. The van der Waals surface area contributed by atoms with Gasteiger partial charge in [-0.2, -0.15) is 0 Å². The minimum Gasteiger partial charge on any atom is -0.402 e. The lowest BCUT2D eigenvalue weighted by Crippen LogP contribution is -2.18. The van der Waals surface area contributed by atoms with E-state index in [1.165, 1.54) is 6.07 Å². The van der Waals surface area contributed by atoms with Gasteiger partial charge < -0.3 is 10.5 Å². The fourth-order valence-corrected chi connectivity index (χ4v) is 1.63. The molecular weight excluding hydrogens is 378 g/mol. The van der Waals surface area contributed by atoms with E-state index in [1.54, 1.807) is 6.07 Å². The van der Waals surface area contributed by atoms with E-state index >= 15 is 0 Å². The summed E-state index contributed by atoms with van der Waals surface area (Å²) in [5.41, 5.74) is 5.28. The van der Waals surface area contributed by atoms with Crippen molar-refractivity contribution in [1.29, 1.82) is 0 Å². The third kappa shape index (κ3) is 2.91. The Morgan fingerprint density at radius 1 is 1.36 bits per heavy atom. The van der Waals surface area contributed by atoms with Crippen LogP contribution in [0.1, 0.15) is 0 Å². The molecule has 0 aromatic heterocycles. The number of hydrogen-bond acceptors (Lipinski definition) is 2. The molecule has 0 heterocycles. The Bertz CT molecular complexity index is 356. The van der Waals surface area contributed by atoms with Crippen molar-refractivity contribution in [2.75, 3.05) is 5.73 Å². The summed E-state index contributed by atoms with van der Waals surface area (Å²) in [5, 5.41) is 0. The lowest BCUT2D eigenvalue weighted by atomic mass is 10.3. The normalized spacial score (nSPS) is 11.5. The first kappa shape index (κ1) is 11.9. The molecular formula is C7H4BrF3INO. The van der Waals surface area contributed by atoms with Crippen LogP contribution in [0.2, 0.25) is 0 Å². The largest absolute Gasteiger partial charge is 0.573 e. The van der Waals surface area contributed by atoms with Gasteiger partial charge in [0.25, 0.3) is 0 Å². The van der Waals surface area contributed by atoms with Crippen molar-refractivity contribution in [3.8, 4) is 5.75 Å². The van der Waals surface area contributed by atoms with E-state index in [0.29, 0.717) is 3.57 Å². The number of anilines is 1. The molecule has 0 atom stereocenters. The van der Waals surface area contributed by atoms with Gasteiger partial charge in [-0.05, 0) is 50.7 Å². The SMILES string of the molecule is Nc1ccc(I)c(Br)c1OC(F)(F)F. The number of rotatable bonds is 1. The van der Waals surface area contributed by atoms with Gasteiger partial charge >= 0.3 is 6.36 Å². The van der Waals surface area contributed by atoms with Gasteiger partial charge in [-0.1, -0.05) is 0 Å². The molecule has 1 aromatic rings. The molecule has 1 rings (SSSR count). The zero-order valence-corrected chi connectivity index (χ0v) is 10.3. The van der Waals surface area contributed by atoms with E-state index < -0.39 is 12.1 Å². The maximum absolute atomic E-state index is 11.9. The Morgan fingerprint density at radius 3 is 2.43 bits per heavy atom. The van der Waals surface area contributed by atoms with E-state index in [9.17, 15) is 13.2 Å². The summed E-state index contributed by atoms with van der Waals surface area (Å²) >= 11 is 4.84. The first-order chi connectivity index (χ1) is 6.31. The predicted molar refractivity (Wildman–Crippen MR) is 58.0 cm³/mol. The molecule has 1 aromatic carbocycles. The van der Waals surface area contributed by atoms with Crippen LogP contribution in [0.3, 0.4) is 0 Å². The van der Waals surface area contributed by atoms with Crippen LogP contribution in [-0.2, 0) is 0 Å². The number of benzene rings is 1. The van der Waals surface area contributed by atoms with Gasteiger partial charge in [-0.15, -0.1) is 13.2 Å². The average Bonchev–Trinajstić information content (AvgIpc) is 2.04. The number of ether oxygens (including phenoxy) is 1. The van der Waals surface area contributed by atoms with Gasteiger partial charge in [0.2, 0.25) is 0 Å². The van der Waals surface area contributed by atoms with Gasteiger partial charge in [0.05, 0.1) is 10.2 Å². The molecule has 0 radical (unpaired) electrons. The predicted octanol–water partition coefficient (Wildman–Crippen LogP) is 3.53. The molecule has 0 aliphatic heterocycles. The monoisotopic (exact) mass is 381 g/mol. The molecule has 14 heavy (non-hydrogen) atoms.